The summed E-state index contributed by atoms with van der Waals surface area (Å²) in [7, 11) is 0. The number of fused-ring (bicyclic) bond motifs is 1. The smallest absolute Gasteiger partial charge is 0.338 e. The number of hydrogen-bond donors (Lipinski definition) is 1. The molecule has 0 spiro atoms. The SMILES string of the molecule is Cc1cc2oc(=O)cc(COC(=O)c3ccc(NC(=O)CC#N)cc3)c2cc1C. The average Bonchev–Trinajstić information content (AvgIpc) is 2.68. The highest BCUT2D eigenvalue weighted by molar-refractivity contribution is 5.94. The summed E-state index contributed by atoms with van der Waals surface area (Å²) in [6.07, 6.45) is -0.248. The van der Waals surface area contributed by atoms with Gasteiger partial charge in [0.05, 0.1) is 11.6 Å². The van der Waals surface area contributed by atoms with Gasteiger partial charge in [-0.25, -0.2) is 9.59 Å². The van der Waals surface area contributed by atoms with Crippen LogP contribution in [-0.2, 0) is 16.1 Å². The molecule has 3 aromatic rings. The second kappa shape index (κ2) is 8.40. The number of ether oxygens (including phenoxy) is 1. The summed E-state index contributed by atoms with van der Waals surface area (Å²) in [5.74, 6) is -0.992. The van der Waals surface area contributed by atoms with Gasteiger partial charge in [-0.3, -0.25) is 4.79 Å². The Morgan fingerprint density at radius 2 is 1.79 bits per heavy atom. The van der Waals surface area contributed by atoms with Crippen LogP contribution in [0.3, 0.4) is 0 Å². The van der Waals surface area contributed by atoms with Crippen molar-refractivity contribution >= 4 is 28.5 Å². The van der Waals surface area contributed by atoms with Gasteiger partial charge in [-0.15, -0.1) is 0 Å². The van der Waals surface area contributed by atoms with E-state index in [1.165, 1.54) is 18.2 Å². The number of aryl methyl sites for hydroxylation is 2. The standard InChI is InChI=1S/C22H18N2O5/c1-13-9-18-16(11-21(26)29-19(18)10-14(13)2)12-28-22(27)15-3-5-17(6-4-15)24-20(25)7-8-23/h3-6,9-11H,7,12H2,1-2H3,(H,24,25). The molecule has 0 aliphatic rings. The highest BCUT2D eigenvalue weighted by atomic mass is 16.5. The van der Waals surface area contributed by atoms with Crippen LogP contribution in [0.15, 0.2) is 51.7 Å². The monoisotopic (exact) mass is 390 g/mol. The molecule has 0 aliphatic carbocycles. The summed E-state index contributed by atoms with van der Waals surface area (Å²) in [4.78, 5) is 35.6. The van der Waals surface area contributed by atoms with E-state index in [0.717, 1.165) is 16.5 Å². The Kier molecular flexibility index (Phi) is 5.74. The molecule has 0 radical (unpaired) electrons. The molecule has 1 amide bonds. The Labute approximate surface area is 166 Å². The Bertz CT molecular complexity index is 1190. The van der Waals surface area contributed by atoms with Crippen LogP contribution < -0.4 is 10.9 Å². The van der Waals surface area contributed by atoms with Crippen molar-refractivity contribution in [3.05, 3.63) is 75.1 Å². The number of benzene rings is 2. The van der Waals surface area contributed by atoms with Crippen molar-refractivity contribution in [2.24, 2.45) is 0 Å². The molecule has 1 aromatic heterocycles. The number of nitrogens with zero attached hydrogens (tertiary/aromatic N) is 1. The van der Waals surface area contributed by atoms with Crippen molar-refractivity contribution in [1.29, 1.82) is 5.26 Å². The van der Waals surface area contributed by atoms with Crippen LogP contribution in [0, 0.1) is 25.2 Å². The topological polar surface area (TPSA) is 109 Å². The lowest BCUT2D eigenvalue weighted by molar-refractivity contribution is -0.115. The van der Waals surface area contributed by atoms with Crippen LogP contribution in [0.1, 0.15) is 33.5 Å². The number of carbonyl (C=O) groups excluding carboxylic acids is 2. The van der Waals surface area contributed by atoms with Gasteiger partial charge in [0.1, 0.15) is 18.6 Å². The van der Waals surface area contributed by atoms with E-state index in [4.69, 9.17) is 14.4 Å². The molecular formula is C22H18N2O5. The van der Waals surface area contributed by atoms with Crippen LogP contribution >= 0.6 is 0 Å². The minimum atomic E-state index is -0.565. The van der Waals surface area contributed by atoms with E-state index in [2.05, 4.69) is 5.32 Å². The highest BCUT2D eigenvalue weighted by Gasteiger charge is 2.12. The van der Waals surface area contributed by atoms with Gasteiger partial charge in [0.25, 0.3) is 0 Å². The number of rotatable bonds is 5. The molecule has 2 aromatic carbocycles. The first-order valence-corrected chi connectivity index (χ1v) is 8.85. The minimum absolute atomic E-state index is 0.0793. The number of carbonyl (C=O) groups is 2. The van der Waals surface area contributed by atoms with Crippen LogP contribution in [0.25, 0.3) is 11.0 Å². The fourth-order valence-electron chi connectivity index (χ4n) is 2.80. The summed E-state index contributed by atoms with van der Waals surface area (Å²) < 4.78 is 10.6. The zero-order valence-electron chi connectivity index (χ0n) is 15.9. The number of nitriles is 1. The van der Waals surface area contributed by atoms with Crippen molar-refractivity contribution in [3.8, 4) is 6.07 Å². The molecule has 7 heteroatoms. The first-order valence-electron chi connectivity index (χ1n) is 8.85. The van der Waals surface area contributed by atoms with E-state index in [9.17, 15) is 14.4 Å². The van der Waals surface area contributed by atoms with Gasteiger partial charge in [0.2, 0.25) is 5.91 Å². The summed E-state index contributed by atoms with van der Waals surface area (Å²) in [5.41, 5.74) is 3.30. The van der Waals surface area contributed by atoms with E-state index >= 15 is 0 Å². The molecule has 0 aliphatic heterocycles. The Morgan fingerprint density at radius 1 is 1.10 bits per heavy atom. The molecule has 3 rings (SSSR count). The van der Waals surface area contributed by atoms with E-state index in [1.807, 2.05) is 19.9 Å². The molecule has 146 valence electrons. The van der Waals surface area contributed by atoms with Gasteiger partial charge in [-0.1, -0.05) is 0 Å². The maximum atomic E-state index is 12.3. The van der Waals surface area contributed by atoms with E-state index in [0.29, 0.717) is 22.4 Å². The molecular weight excluding hydrogens is 372 g/mol. The van der Waals surface area contributed by atoms with E-state index < -0.39 is 17.5 Å². The molecule has 1 heterocycles. The van der Waals surface area contributed by atoms with Gasteiger partial charge in [0, 0.05) is 22.7 Å². The van der Waals surface area contributed by atoms with Gasteiger partial charge >= 0.3 is 11.6 Å². The molecule has 1 N–H and O–H groups in total. The first-order chi connectivity index (χ1) is 13.9. The third-order valence-corrected chi connectivity index (χ3v) is 4.45. The third-order valence-electron chi connectivity index (χ3n) is 4.45. The zero-order valence-corrected chi connectivity index (χ0v) is 15.9. The second-order valence-electron chi connectivity index (χ2n) is 6.56. The molecule has 0 unspecified atom stereocenters. The molecule has 7 nitrogen and oxygen atoms in total. The van der Waals surface area contributed by atoms with Crippen molar-refractivity contribution in [2.45, 2.75) is 26.9 Å². The van der Waals surface area contributed by atoms with Gasteiger partial charge in [0.15, 0.2) is 0 Å². The maximum absolute atomic E-state index is 12.3. The lowest BCUT2D eigenvalue weighted by Crippen LogP contribution is -2.11. The van der Waals surface area contributed by atoms with E-state index in [-0.39, 0.29) is 13.0 Å². The lowest BCUT2D eigenvalue weighted by Gasteiger charge is -2.09. The van der Waals surface area contributed by atoms with E-state index in [1.54, 1.807) is 24.3 Å². The Balaban J connectivity index is 1.74. The molecule has 0 saturated heterocycles. The minimum Gasteiger partial charge on any atom is -0.457 e. The van der Waals surface area contributed by atoms with Gasteiger partial charge < -0.3 is 14.5 Å². The quantitative estimate of drug-likeness (QED) is 0.526. The highest BCUT2D eigenvalue weighted by Crippen LogP contribution is 2.22. The first kappa shape index (κ1) is 19.8. The fraction of sp³-hybridized carbons (Fsp3) is 0.182. The average molecular weight is 390 g/mol. The van der Waals surface area contributed by atoms with Crippen LogP contribution in [0.4, 0.5) is 5.69 Å². The van der Waals surface area contributed by atoms with Gasteiger partial charge in [-0.2, -0.15) is 5.26 Å². The molecule has 29 heavy (non-hydrogen) atoms. The predicted molar refractivity (Wildman–Crippen MR) is 106 cm³/mol. The fourth-order valence-corrected chi connectivity index (χ4v) is 2.80. The maximum Gasteiger partial charge on any atom is 0.338 e. The summed E-state index contributed by atoms with van der Waals surface area (Å²) >= 11 is 0. The number of esters is 1. The molecule has 0 atom stereocenters. The van der Waals surface area contributed by atoms with Crippen molar-refractivity contribution in [3.63, 3.8) is 0 Å². The molecule has 0 fully saturated rings. The van der Waals surface area contributed by atoms with Crippen molar-refractivity contribution < 1.29 is 18.7 Å². The molecule has 0 bridgehead atoms. The number of anilines is 1. The lowest BCUT2D eigenvalue weighted by atomic mass is 10.0. The number of amides is 1. The van der Waals surface area contributed by atoms with Crippen LogP contribution in [-0.4, -0.2) is 11.9 Å². The second-order valence-corrected chi connectivity index (χ2v) is 6.56. The normalized spacial score (nSPS) is 10.4. The van der Waals surface area contributed by atoms with Crippen molar-refractivity contribution in [1.82, 2.24) is 0 Å². The van der Waals surface area contributed by atoms with Crippen molar-refractivity contribution in [2.75, 3.05) is 5.32 Å². The number of hydrogen-bond acceptors (Lipinski definition) is 6. The van der Waals surface area contributed by atoms with Crippen LogP contribution in [0.2, 0.25) is 0 Å². The summed E-state index contributed by atoms with van der Waals surface area (Å²) in [6.45, 7) is 3.80. The largest absolute Gasteiger partial charge is 0.457 e. The molecule has 0 saturated carbocycles. The summed E-state index contributed by atoms with van der Waals surface area (Å²) in [5, 5.41) is 11.8. The Morgan fingerprint density at radius 3 is 2.48 bits per heavy atom. The number of nitrogens with one attached hydrogen (secondary N) is 1. The Hall–Kier alpha value is -3.92. The predicted octanol–water partition coefficient (Wildman–Crippen LogP) is 3.62. The zero-order chi connectivity index (χ0) is 21.0. The van der Waals surface area contributed by atoms with Gasteiger partial charge in [-0.05, 0) is 61.4 Å². The third kappa shape index (κ3) is 4.68. The van der Waals surface area contributed by atoms with Crippen LogP contribution in [0.5, 0.6) is 0 Å². The summed E-state index contributed by atoms with van der Waals surface area (Å²) in [6, 6.07) is 12.9.